The molecule has 4 atom stereocenters. The summed E-state index contributed by atoms with van der Waals surface area (Å²) in [6, 6.07) is 6.34. The minimum Gasteiger partial charge on any atom is -0.444 e. The number of carbonyl (C=O) groups is 3. The highest BCUT2D eigenvalue weighted by Crippen LogP contribution is 2.54. The van der Waals surface area contributed by atoms with Crippen molar-refractivity contribution in [3.63, 3.8) is 0 Å². The topological polar surface area (TPSA) is 88.2 Å². The molecule has 2 fully saturated rings. The van der Waals surface area contributed by atoms with Crippen LogP contribution in [0.1, 0.15) is 62.0 Å². The van der Waals surface area contributed by atoms with Crippen molar-refractivity contribution in [1.29, 1.82) is 0 Å². The third-order valence-corrected chi connectivity index (χ3v) is 9.55. The molecule has 14 heteroatoms. The maximum Gasteiger partial charge on any atom is 0.417 e. The van der Waals surface area contributed by atoms with E-state index in [2.05, 4.69) is 5.32 Å². The number of hydrogen-bond acceptors (Lipinski definition) is 6. The third kappa shape index (κ3) is 5.86. The van der Waals surface area contributed by atoms with Crippen molar-refractivity contribution in [2.45, 2.75) is 81.5 Å². The average molecular weight is 656 g/mol. The van der Waals surface area contributed by atoms with E-state index in [9.17, 15) is 36.3 Å². The summed E-state index contributed by atoms with van der Waals surface area (Å²) in [7, 11) is 0. The number of halogens is 5. The van der Waals surface area contributed by atoms with Gasteiger partial charge in [-0.05, 0) is 69.3 Å². The quantitative estimate of drug-likeness (QED) is 0.299. The van der Waals surface area contributed by atoms with Crippen LogP contribution in [0.4, 0.5) is 32.4 Å². The Hall–Kier alpha value is -3.39. The van der Waals surface area contributed by atoms with Crippen LogP contribution in [0.5, 0.6) is 0 Å². The van der Waals surface area contributed by atoms with Gasteiger partial charge in [-0.2, -0.15) is 13.2 Å². The number of rotatable bonds is 5. The van der Waals surface area contributed by atoms with Gasteiger partial charge >= 0.3 is 12.3 Å². The van der Waals surface area contributed by atoms with Gasteiger partial charge in [0.15, 0.2) is 17.2 Å². The van der Waals surface area contributed by atoms with Gasteiger partial charge in [0.1, 0.15) is 11.7 Å². The molecule has 2 aromatic carbocycles. The lowest BCUT2D eigenvalue weighted by molar-refractivity contribution is -0.272. The maximum atomic E-state index is 14.7. The largest absolute Gasteiger partial charge is 0.444 e. The summed E-state index contributed by atoms with van der Waals surface area (Å²) in [6.45, 7) is 8.22. The van der Waals surface area contributed by atoms with Gasteiger partial charge in [0, 0.05) is 47.6 Å². The lowest BCUT2D eigenvalue weighted by atomic mass is 9.77. The predicted molar refractivity (Wildman–Crippen MR) is 156 cm³/mol. The molecule has 0 unspecified atom stereocenters. The van der Waals surface area contributed by atoms with Crippen molar-refractivity contribution in [2.24, 2.45) is 5.92 Å². The Labute approximate surface area is 261 Å². The molecule has 1 N–H and O–H groups in total. The second-order valence-electron chi connectivity index (χ2n) is 12.8. The minimum atomic E-state index is -4.87. The fraction of sp³-hybridized carbons (Fsp3) is 0.516. The van der Waals surface area contributed by atoms with Gasteiger partial charge in [-0.1, -0.05) is 13.0 Å². The summed E-state index contributed by atoms with van der Waals surface area (Å²) >= 11 is 0.828. The SMILES string of the molecule is CSc1c([C@H]2[C@H](C(=O)Nc3ccc4c(c3)CN(C3CN(C(=O)OC(C)(C)C)C3)C4=O)O[C@@](C)(C(F)(F)F)[C@H]2C)ccc(F)c1F. The molecule has 45 heavy (non-hydrogen) atoms. The summed E-state index contributed by atoms with van der Waals surface area (Å²) in [4.78, 5) is 41.9. The number of thioether (sulfide) groups is 1. The Morgan fingerprint density at radius 1 is 1.11 bits per heavy atom. The van der Waals surface area contributed by atoms with Crippen LogP contribution in [0, 0.1) is 17.6 Å². The Balaban J connectivity index is 1.35. The Kier molecular flexibility index (Phi) is 8.39. The maximum absolute atomic E-state index is 14.7. The van der Waals surface area contributed by atoms with Gasteiger partial charge in [0.25, 0.3) is 11.8 Å². The molecule has 0 saturated carbocycles. The van der Waals surface area contributed by atoms with Gasteiger partial charge < -0.3 is 24.6 Å². The molecule has 0 radical (unpaired) electrons. The van der Waals surface area contributed by atoms with Crippen LogP contribution in [0.15, 0.2) is 35.2 Å². The molecular formula is C31H34F5N3O5S. The van der Waals surface area contributed by atoms with E-state index in [1.807, 2.05) is 0 Å². The summed E-state index contributed by atoms with van der Waals surface area (Å²) < 4.78 is 82.4. The smallest absolute Gasteiger partial charge is 0.417 e. The zero-order valence-corrected chi connectivity index (χ0v) is 26.4. The number of ether oxygens (including phenoxy) is 2. The highest BCUT2D eigenvalue weighted by atomic mass is 32.2. The van der Waals surface area contributed by atoms with Crippen molar-refractivity contribution in [2.75, 3.05) is 24.7 Å². The van der Waals surface area contributed by atoms with E-state index < -0.39 is 59.0 Å². The molecule has 5 rings (SSSR count). The van der Waals surface area contributed by atoms with Gasteiger partial charge in [-0.25, -0.2) is 13.6 Å². The molecule has 8 nitrogen and oxygen atoms in total. The number of amides is 3. The fourth-order valence-corrected chi connectivity index (χ4v) is 6.81. The first-order chi connectivity index (χ1) is 20.9. The minimum absolute atomic E-state index is 0.0399. The highest BCUT2D eigenvalue weighted by molar-refractivity contribution is 7.98. The molecule has 2 saturated heterocycles. The number of anilines is 1. The normalized spacial score (nSPS) is 25.3. The fourth-order valence-electron chi connectivity index (χ4n) is 6.10. The molecule has 0 aliphatic carbocycles. The molecule has 3 aliphatic rings. The van der Waals surface area contributed by atoms with E-state index >= 15 is 0 Å². The van der Waals surface area contributed by atoms with Crippen LogP contribution in [0.25, 0.3) is 0 Å². The Morgan fingerprint density at radius 3 is 2.38 bits per heavy atom. The van der Waals surface area contributed by atoms with E-state index in [-0.39, 0.29) is 34.6 Å². The second kappa shape index (κ2) is 11.4. The van der Waals surface area contributed by atoms with Crippen LogP contribution in [0.3, 0.4) is 0 Å². The molecule has 3 amide bonds. The number of hydrogen-bond donors (Lipinski definition) is 1. The standard InChI is InChI=1S/C31H34F5N3O5S/c1-15-22(20-9-10-21(32)23(33)25(20)45-6)24(43-30(15,5)31(34,35)36)26(40)37-17-7-8-19-16(11-17)12-39(27(19)41)18-13-38(14-18)28(42)44-29(2,3)4/h7-11,15,18,22,24H,12-14H2,1-6H3,(H,37,40)/t15-,22-,24+,30+/m0/s1. The number of fused-ring (bicyclic) bond motifs is 1. The van der Waals surface area contributed by atoms with Gasteiger partial charge in [0.2, 0.25) is 0 Å². The average Bonchev–Trinajstić information content (AvgIpc) is 3.37. The summed E-state index contributed by atoms with van der Waals surface area (Å²) in [5.74, 6) is -6.10. The van der Waals surface area contributed by atoms with Crippen LogP contribution < -0.4 is 5.32 Å². The number of nitrogens with one attached hydrogen (secondary N) is 1. The number of likely N-dealkylation sites (tertiary alicyclic amines) is 1. The molecule has 0 spiro atoms. The summed E-state index contributed by atoms with van der Waals surface area (Å²) in [6.07, 6.45) is -5.56. The number of nitrogens with zero attached hydrogens (tertiary/aromatic N) is 2. The van der Waals surface area contributed by atoms with Crippen molar-refractivity contribution < 1.29 is 45.8 Å². The highest BCUT2D eigenvalue weighted by Gasteiger charge is 2.65. The van der Waals surface area contributed by atoms with Gasteiger partial charge in [0.05, 0.1) is 6.04 Å². The van der Waals surface area contributed by atoms with Crippen LogP contribution in [-0.2, 0) is 20.8 Å². The lowest BCUT2D eigenvalue weighted by Gasteiger charge is -2.43. The van der Waals surface area contributed by atoms with Gasteiger partial charge in [-0.15, -0.1) is 11.8 Å². The summed E-state index contributed by atoms with van der Waals surface area (Å²) in [5, 5.41) is 2.61. The second-order valence-corrected chi connectivity index (χ2v) is 13.6. The first kappa shape index (κ1) is 33.0. The Morgan fingerprint density at radius 2 is 1.78 bits per heavy atom. The third-order valence-electron chi connectivity index (χ3n) is 8.73. The predicted octanol–water partition coefficient (Wildman–Crippen LogP) is 6.34. The monoisotopic (exact) mass is 655 g/mol. The van der Waals surface area contributed by atoms with Gasteiger partial charge in [-0.3, -0.25) is 9.59 Å². The van der Waals surface area contributed by atoms with Crippen LogP contribution in [0.2, 0.25) is 0 Å². The molecule has 0 bridgehead atoms. The zero-order chi connectivity index (χ0) is 33.2. The van der Waals surface area contributed by atoms with E-state index in [4.69, 9.17) is 9.47 Å². The molecule has 3 heterocycles. The van der Waals surface area contributed by atoms with Crippen LogP contribution >= 0.6 is 11.8 Å². The van der Waals surface area contributed by atoms with Crippen molar-refractivity contribution in [3.8, 4) is 0 Å². The first-order valence-corrected chi connectivity index (χ1v) is 15.6. The zero-order valence-electron chi connectivity index (χ0n) is 25.6. The molecule has 2 aromatic rings. The number of benzene rings is 2. The molecule has 244 valence electrons. The van der Waals surface area contributed by atoms with E-state index in [1.165, 1.54) is 36.3 Å². The van der Waals surface area contributed by atoms with Crippen molar-refractivity contribution in [1.82, 2.24) is 9.80 Å². The first-order valence-electron chi connectivity index (χ1n) is 14.4. The van der Waals surface area contributed by atoms with E-state index in [1.54, 1.807) is 31.7 Å². The molecule has 3 aliphatic heterocycles. The van der Waals surface area contributed by atoms with E-state index in [0.29, 0.717) is 24.2 Å². The van der Waals surface area contributed by atoms with Crippen molar-refractivity contribution in [3.05, 3.63) is 58.7 Å². The lowest BCUT2D eigenvalue weighted by Crippen LogP contribution is -2.61. The van der Waals surface area contributed by atoms with E-state index in [0.717, 1.165) is 24.8 Å². The number of alkyl halides is 3. The van der Waals surface area contributed by atoms with Crippen molar-refractivity contribution >= 4 is 35.4 Å². The molecular weight excluding hydrogens is 621 g/mol. The van der Waals surface area contributed by atoms with Crippen LogP contribution in [-0.4, -0.2) is 76.6 Å². The summed E-state index contributed by atoms with van der Waals surface area (Å²) in [5.41, 5.74) is -2.13. The molecule has 0 aromatic heterocycles. The number of carbonyl (C=O) groups excluding carboxylic acids is 3. The Bertz CT molecular complexity index is 1540.